The van der Waals surface area contributed by atoms with Crippen molar-refractivity contribution < 1.29 is 4.39 Å². The molecule has 1 atom stereocenters. The smallest absolute Gasteiger partial charge is 0.163 e. The van der Waals surface area contributed by atoms with E-state index in [9.17, 15) is 4.39 Å². The van der Waals surface area contributed by atoms with Gasteiger partial charge in [0.2, 0.25) is 0 Å². The molecule has 1 aliphatic carbocycles. The van der Waals surface area contributed by atoms with E-state index in [0.717, 1.165) is 53.7 Å². The molecule has 2 aromatic heterocycles. The van der Waals surface area contributed by atoms with Crippen LogP contribution in [0.15, 0.2) is 54.7 Å². The first-order valence-electron chi connectivity index (χ1n) is 10.1. The van der Waals surface area contributed by atoms with Crippen molar-refractivity contribution in [2.45, 2.75) is 32.6 Å². The van der Waals surface area contributed by atoms with Crippen LogP contribution in [0, 0.1) is 11.7 Å². The molecule has 2 aromatic carbocycles. The second-order valence-electron chi connectivity index (χ2n) is 7.71. The van der Waals surface area contributed by atoms with Crippen molar-refractivity contribution in [2.24, 2.45) is 5.92 Å². The predicted octanol–water partition coefficient (Wildman–Crippen LogP) is 6.37. The minimum atomic E-state index is -0.243. The van der Waals surface area contributed by atoms with Crippen molar-refractivity contribution in [3.63, 3.8) is 0 Å². The van der Waals surface area contributed by atoms with E-state index in [4.69, 9.17) is 16.6 Å². The highest BCUT2D eigenvalue weighted by atomic mass is 35.5. The third kappa shape index (κ3) is 3.22. The molecule has 5 rings (SSSR count). The van der Waals surface area contributed by atoms with Gasteiger partial charge in [-0.05, 0) is 55.0 Å². The number of hydrogen-bond acceptors (Lipinski definition) is 2. The zero-order chi connectivity index (χ0) is 20.0. The van der Waals surface area contributed by atoms with Crippen molar-refractivity contribution in [3.8, 4) is 22.4 Å². The molecule has 0 saturated carbocycles. The average molecular weight is 406 g/mol. The van der Waals surface area contributed by atoms with Crippen LogP contribution in [0.2, 0.25) is 5.02 Å². The summed E-state index contributed by atoms with van der Waals surface area (Å²) >= 11 is 6.06. The maximum absolute atomic E-state index is 14.0. The molecule has 4 aromatic rings. The number of halogens is 2. The summed E-state index contributed by atoms with van der Waals surface area (Å²) in [6, 6.07) is 14.4. The molecular weight excluding hydrogens is 385 g/mol. The Bertz CT molecular complexity index is 1200. The van der Waals surface area contributed by atoms with E-state index in [0.29, 0.717) is 10.9 Å². The Hall–Kier alpha value is -2.72. The normalized spacial score (nSPS) is 16.2. The summed E-state index contributed by atoms with van der Waals surface area (Å²) in [4.78, 5) is 5.03. The third-order valence-electron chi connectivity index (χ3n) is 5.96. The Morgan fingerprint density at radius 2 is 1.97 bits per heavy atom. The van der Waals surface area contributed by atoms with Crippen LogP contribution in [0.5, 0.6) is 0 Å². The minimum absolute atomic E-state index is 0.243. The minimum Gasteiger partial charge on any atom is -0.228 e. The fraction of sp³-hybridized carbons (Fsp3) is 0.250. The van der Waals surface area contributed by atoms with E-state index >= 15 is 0 Å². The summed E-state index contributed by atoms with van der Waals surface area (Å²) in [5.41, 5.74) is 6.88. The molecule has 0 amide bonds. The van der Waals surface area contributed by atoms with E-state index in [1.54, 1.807) is 12.1 Å². The molecule has 0 aliphatic heterocycles. The number of nitrogens with zero attached hydrogens (tertiary/aromatic N) is 3. The Balaban J connectivity index is 1.77. The van der Waals surface area contributed by atoms with Crippen molar-refractivity contribution in [2.75, 3.05) is 0 Å². The Labute approximate surface area is 174 Å². The van der Waals surface area contributed by atoms with Gasteiger partial charge < -0.3 is 0 Å². The first-order valence-corrected chi connectivity index (χ1v) is 10.4. The lowest BCUT2D eigenvalue weighted by molar-refractivity contribution is 0.435. The van der Waals surface area contributed by atoms with Crippen LogP contribution < -0.4 is 0 Å². The first-order chi connectivity index (χ1) is 14.1. The van der Waals surface area contributed by atoms with E-state index in [1.807, 2.05) is 41.0 Å². The summed E-state index contributed by atoms with van der Waals surface area (Å²) < 4.78 is 16.0. The molecule has 3 nitrogen and oxygen atoms in total. The summed E-state index contributed by atoms with van der Waals surface area (Å²) in [6.45, 7) is 2.23. The lowest BCUT2D eigenvalue weighted by atomic mass is 9.83. The predicted molar refractivity (Wildman–Crippen MR) is 115 cm³/mol. The number of fused-ring (bicyclic) bond motifs is 3. The number of aryl methyl sites for hydroxylation is 1. The molecule has 0 fully saturated rings. The molecule has 0 saturated heterocycles. The Morgan fingerprint density at radius 1 is 1.14 bits per heavy atom. The molecule has 146 valence electrons. The van der Waals surface area contributed by atoms with Crippen LogP contribution in [0.4, 0.5) is 4.39 Å². The third-order valence-corrected chi connectivity index (χ3v) is 6.22. The molecule has 0 unspecified atom stereocenters. The van der Waals surface area contributed by atoms with E-state index < -0.39 is 0 Å². The lowest BCUT2D eigenvalue weighted by Crippen LogP contribution is -2.19. The maximum Gasteiger partial charge on any atom is 0.163 e. The fourth-order valence-electron chi connectivity index (χ4n) is 4.34. The van der Waals surface area contributed by atoms with E-state index in [1.165, 1.54) is 17.3 Å². The molecule has 0 radical (unpaired) electrons. The van der Waals surface area contributed by atoms with Crippen LogP contribution in [0.1, 0.15) is 31.0 Å². The van der Waals surface area contributed by atoms with Gasteiger partial charge >= 0.3 is 0 Å². The van der Waals surface area contributed by atoms with Gasteiger partial charge in [-0.1, -0.05) is 49.2 Å². The monoisotopic (exact) mass is 405 g/mol. The second kappa shape index (κ2) is 7.27. The zero-order valence-corrected chi connectivity index (χ0v) is 17.0. The maximum atomic E-state index is 14.0. The van der Waals surface area contributed by atoms with Gasteiger partial charge in [0.25, 0.3) is 0 Å². The lowest BCUT2D eigenvalue weighted by Gasteiger charge is -2.26. The molecule has 0 bridgehead atoms. The Kier molecular flexibility index (Phi) is 4.59. The van der Waals surface area contributed by atoms with Gasteiger partial charge in [-0.25, -0.2) is 13.9 Å². The zero-order valence-electron chi connectivity index (χ0n) is 16.2. The van der Waals surface area contributed by atoms with E-state index in [-0.39, 0.29) is 5.82 Å². The highest BCUT2D eigenvalue weighted by Crippen LogP contribution is 2.36. The summed E-state index contributed by atoms with van der Waals surface area (Å²) in [7, 11) is 0. The van der Waals surface area contributed by atoms with Gasteiger partial charge in [-0.3, -0.25) is 0 Å². The average Bonchev–Trinajstić information content (AvgIpc) is 3.17. The standard InChI is InChI=1S/C24H21ClFN3/c1-2-15-6-11-22-20(12-15)23(17-4-3-5-19(26)13-17)28-24-21(14-27-29(22)24)16-7-9-18(25)10-8-16/h3-5,7-10,13-15H,2,6,11-12H2,1H3/t15-/m0/s1. The highest BCUT2D eigenvalue weighted by Gasteiger charge is 2.26. The summed E-state index contributed by atoms with van der Waals surface area (Å²) in [6.07, 6.45) is 6.05. The molecule has 2 heterocycles. The Morgan fingerprint density at radius 3 is 2.72 bits per heavy atom. The summed E-state index contributed by atoms with van der Waals surface area (Å²) in [5.74, 6) is 0.382. The quantitative estimate of drug-likeness (QED) is 0.396. The van der Waals surface area contributed by atoms with Crippen LogP contribution in [-0.2, 0) is 12.8 Å². The van der Waals surface area contributed by atoms with Crippen LogP contribution in [0.25, 0.3) is 28.0 Å². The van der Waals surface area contributed by atoms with Crippen molar-refractivity contribution in [1.29, 1.82) is 0 Å². The van der Waals surface area contributed by atoms with Crippen molar-refractivity contribution >= 4 is 17.2 Å². The second-order valence-corrected chi connectivity index (χ2v) is 8.15. The highest BCUT2D eigenvalue weighted by molar-refractivity contribution is 6.30. The van der Waals surface area contributed by atoms with Crippen LogP contribution >= 0.6 is 11.6 Å². The van der Waals surface area contributed by atoms with Crippen molar-refractivity contribution in [1.82, 2.24) is 14.6 Å². The number of aromatic nitrogens is 3. The summed E-state index contributed by atoms with van der Waals surface area (Å²) in [5, 5.41) is 5.38. The largest absolute Gasteiger partial charge is 0.228 e. The SMILES string of the molecule is CC[C@H]1CCc2c(c(-c3cccc(F)c3)nc3c(-c4ccc(Cl)cc4)cnn23)C1. The van der Waals surface area contributed by atoms with Gasteiger partial charge in [0.1, 0.15) is 5.82 Å². The van der Waals surface area contributed by atoms with Crippen LogP contribution in [-0.4, -0.2) is 14.6 Å². The molecule has 1 aliphatic rings. The van der Waals surface area contributed by atoms with E-state index in [2.05, 4.69) is 12.0 Å². The molecule has 29 heavy (non-hydrogen) atoms. The molecule has 0 N–H and O–H groups in total. The van der Waals surface area contributed by atoms with Gasteiger partial charge in [-0.2, -0.15) is 5.10 Å². The van der Waals surface area contributed by atoms with Gasteiger partial charge in [0.15, 0.2) is 5.65 Å². The number of rotatable bonds is 3. The van der Waals surface area contributed by atoms with Gasteiger partial charge in [0, 0.05) is 27.4 Å². The molecular formula is C24H21ClFN3. The van der Waals surface area contributed by atoms with Crippen LogP contribution in [0.3, 0.4) is 0 Å². The first kappa shape index (κ1) is 18.3. The molecule has 5 heteroatoms. The van der Waals surface area contributed by atoms with Crippen molar-refractivity contribution in [3.05, 3.63) is 76.8 Å². The van der Waals surface area contributed by atoms with Gasteiger partial charge in [-0.15, -0.1) is 0 Å². The van der Waals surface area contributed by atoms with Gasteiger partial charge in [0.05, 0.1) is 11.9 Å². The fourth-order valence-corrected chi connectivity index (χ4v) is 4.47. The number of benzene rings is 2. The number of hydrogen-bond donors (Lipinski definition) is 0. The topological polar surface area (TPSA) is 30.2 Å². The molecule has 0 spiro atoms.